The van der Waals surface area contributed by atoms with Crippen molar-refractivity contribution in [2.75, 3.05) is 19.7 Å². The van der Waals surface area contributed by atoms with Crippen molar-refractivity contribution in [3.63, 3.8) is 0 Å². The van der Waals surface area contributed by atoms with Crippen molar-refractivity contribution >= 4 is 29.1 Å². The Morgan fingerprint density at radius 3 is 2.53 bits per heavy atom. The molecule has 0 bridgehead atoms. The smallest absolute Gasteiger partial charge is 0.261 e. The van der Waals surface area contributed by atoms with E-state index in [0.717, 1.165) is 30.4 Å². The number of benzene rings is 1. The van der Waals surface area contributed by atoms with Crippen molar-refractivity contribution < 1.29 is 19.1 Å². The Morgan fingerprint density at radius 2 is 1.94 bits per heavy atom. The third-order valence-electron chi connectivity index (χ3n) is 6.19. The van der Waals surface area contributed by atoms with E-state index in [9.17, 15) is 14.4 Å². The third kappa shape index (κ3) is 6.90. The van der Waals surface area contributed by atoms with Crippen LogP contribution in [0.2, 0.25) is 0 Å². The Morgan fingerprint density at radius 1 is 1.21 bits per heavy atom. The van der Waals surface area contributed by atoms with Gasteiger partial charge in [0.15, 0.2) is 0 Å². The second kappa shape index (κ2) is 11.6. The van der Waals surface area contributed by atoms with E-state index < -0.39 is 11.6 Å². The Bertz CT molecular complexity index is 966. The zero-order valence-electron chi connectivity index (χ0n) is 20.4. The number of carbonyl (C=O) groups is 3. The minimum Gasteiger partial charge on any atom is -0.376 e. The summed E-state index contributed by atoms with van der Waals surface area (Å²) in [6, 6.07) is 10.3. The number of aryl methyl sites for hydroxylation is 1. The molecular weight excluding hydrogens is 450 g/mol. The first-order chi connectivity index (χ1) is 16.2. The molecule has 2 N–H and O–H groups in total. The van der Waals surface area contributed by atoms with Crippen molar-refractivity contribution in [3.05, 3.63) is 57.8 Å². The van der Waals surface area contributed by atoms with Crippen molar-refractivity contribution in [1.29, 1.82) is 0 Å². The molecule has 1 saturated heterocycles. The molecule has 3 rings (SSSR count). The van der Waals surface area contributed by atoms with Crippen LogP contribution < -0.4 is 10.6 Å². The van der Waals surface area contributed by atoms with Crippen LogP contribution in [-0.2, 0) is 14.3 Å². The van der Waals surface area contributed by atoms with Gasteiger partial charge in [-0.05, 0) is 57.0 Å². The highest BCUT2D eigenvalue weighted by Crippen LogP contribution is 2.26. The van der Waals surface area contributed by atoms with Crippen LogP contribution in [0.1, 0.15) is 66.9 Å². The van der Waals surface area contributed by atoms with Crippen LogP contribution >= 0.6 is 11.3 Å². The molecule has 0 spiro atoms. The van der Waals surface area contributed by atoms with Gasteiger partial charge in [-0.25, -0.2) is 0 Å². The molecule has 2 aromatic rings. The number of rotatable bonds is 10. The van der Waals surface area contributed by atoms with Crippen LogP contribution in [0.5, 0.6) is 0 Å². The van der Waals surface area contributed by atoms with Gasteiger partial charge in [0.2, 0.25) is 11.8 Å². The Kier molecular flexibility index (Phi) is 8.85. The van der Waals surface area contributed by atoms with Crippen LogP contribution in [0.3, 0.4) is 0 Å². The number of nitrogens with zero attached hydrogens (tertiary/aromatic N) is 1. The maximum Gasteiger partial charge on any atom is 0.261 e. The monoisotopic (exact) mass is 485 g/mol. The molecule has 0 unspecified atom stereocenters. The molecule has 7 nitrogen and oxygen atoms in total. The highest BCUT2D eigenvalue weighted by Gasteiger charge is 2.36. The zero-order chi connectivity index (χ0) is 24.7. The largest absolute Gasteiger partial charge is 0.376 e. The summed E-state index contributed by atoms with van der Waals surface area (Å²) in [4.78, 5) is 41.7. The quantitative estimate of drug-likeness (QED) is 0.535. The number of hydrogen-bond acceptors (Lipinski definition) is 5. The lowest BCUT2D eigenvalue weighted by atomic mass is 9.97. The molecule has 34 heavy (non-hydrogen) atoms. The number of carbonyl (C=O) groups excluding carboxylic acids is 3. The summed E-state index contributed by atoms with van der Waals surface area (Å²) in [5.74, 6) is -0.870. The highest BCUT2D eigenvalue weighted by atomic mass is 32.1. The Balaban J connectivity index is 1.89. The molecule has 1 fully saturated rings. The number of nitrogens with one attached hydrogen (secondary N) is 2. The van der Waals surface area contributed by atoms with E-state index in [1.165, 1.54) is 11.3 Å². The molecule has 1 aromatic heterocycles. The van der Waals surface area contributed by atoms with Gasteiger partial charge in [0.1, 0.15) is 6.04 Å². The van der Waals surface area contributed by atoms with E-state index in [1.807, 2.05) is 57.3 Å². The average Bonchev–Trinajstić information content (AvgIpc) is 3.52. The van der Waals surface area contributed by atoms with Crippen LogP contribution in [0, 0.1) is 6.92 Å². The van der Waals surface area contributed by atoms with Gasteiger partial charge in [0, 0.05) is 18.7 Å². The number of hydrogen-bond donors (Lipinski definition) is 2. The summed E-state index contributed by atoms with van der Waals surface area (Å²) in [6.07, 6.45) is 2.35. The van der Waals surface area contributed by atoms with E-state index in [1.54, 1.807) is 17.0 Å². The van der Waals surface area contributed by atoms with Gasteiger partial charge in [-0.1, -0.05) is 42.8 Å². The molecule has 8 heteroatoms. The first-order valence-electron chi connectivity index (χ1n) is 11.8. The molecule has 184 valence electrons. The van der Waals surface area contributed by atoms with Gasteiger partial charge in [-0.15, -0.1) is 11.3 Å². The van der Waals surface area contributed by atoms with Crippen molar-refractivity contribution in [2.24, 2.45) is 0 Å². The van der Waals surface area contributed by atoms with Gasteiger partial charge in [0.25, 0.3) is 5.91 Å². The van der Waals surface area contributed by atoms with Gasteiger partial charge >= 0.3 is 0 Å². The molecular formula is C26H35N3O4S. The van der Waals surface area contributed by atoms with E-state index in [2.05, 4.69) is 10.6 Å². The summed E-state index contributed by atoms with van der Waals surface area (Å²) in [5, 5.41) is 7.63. The molecule has 1 aliphatic rings. The number of ether oxygens (including phenoxy) is 1. The van der Waals surface area contributed by atoms with Crippen LogP contribution in [0.4, 0.5) is 0 Å². The fourth-order valence-corrected chi connectivity index (χ4v) is 4.46. The molecule has 1 aliphatic heterocycles. The predicted octanol–water partition coefficient (Wildman–Crippen LogP) is 3.84. The fourth-order valence-electron chi connectivity index (χ4n) is 3.82. The average molecular weight is 486 g/mol. The van der Waals surface area contributed by atoms with E-state index in [-0.39, 0.29) is 36.9 Å². The summed E-state index contributed by atoms with van der Waals surface area (Å²) in [5.41, 5.74) is 1.37. The molecule has 0 aliphatic carbocycles. The Hall–Kier alpha value is -2.71. The third-order valence-corrected chi connectivity index (χ3v) is 7.06. The molecule has 1 aromatic carbocycles. The van der Waals surface area contributed by atoms with Crippen molar-refractivity contribution in [1.82, 2.24) is 15.5 Å². The Labute approximate surface area is 205 Å². The summed E-state index contributed by atoms with van der Waals surface area (Å²) < 4.78 is 5.81. The lowest BCUT2D eigenvalue weighted by Gasteiger charge is -2.35. The first kappa shape index (κ1) is 25.9. The van der Waals surface area contributed by atoms with Gasteiger partial charge in [-0.2, -0.15) is 0 Å². The summed E-state index contributed by atoms with van der Waals surface area (Å²) >= 11 is 1.31. The summed E-state index contributed by atoms with van der Waals surface area (Å²) in [6.45, 7) is 8.65. The van der Waals surface area contributed by atoms with E-state index in [4.69, 9.17) is 4.74 Å². The van der Waals surface area contributed by atoms with E-state index >= 15 is 0 Å². The van der Waals surface area contributed by atoms with Crippen LogP contribution in [0.25, 0.3) is 0 Å². The predicted molar refractivity (Wildman–Crippen MR) is 134 cm³/mol. The van der Waals surface area contributed by atoms with Crippen molar-refractivity contribution in [3.8, 4) is 0 Å². The van der Waals surface area contributed by atoms with Gasteiger partial charge in [0.05, 0.1) is 17.5 Å². The molecule has 0 saturated carbocycles. The molecule has 0 radical (unpaired) electrons. The minimum atomic E-state index is -0.832. The standard InChI is InChI=1S/C26H35N3O4S/c1-5-26(3,4)28-25(32)23(19-12-10-18(2)11-13-19)29(17-20-8-6-14-33-20)22(30)16-27-24(31)21-9-7-15-34-21/h7,9-13,15,20,23H,5-6,8,14,16-17H2,1-4H3,(H,27,31)(H,28,32)/t20-,23-/m1/s1. The highest BCUT2D eigenvalue weighted by molar-refractivity contribution is 7.12. The maximum atomic E-state index is 13.6. The van der Waals surface area contributed by atoms with E-state index in [0.29, 0.717) is 11.5 Å². The van der Waals surface area contributed by atoms with Crippen LogP contribution in [0.15, 0.2) is 41.8 Å². The maximum absolute atomic E-state index is 13.6. The van der Waals surface area contributed by atoms with Gasteiger partial charge < -0.3 is 20.3 Å². The van der Waals surface area contributed by atoms with Crippen molar-refractivity contribution in [2.45, 2.75) is 64.6 Å². The molecule has 3 amide bonds. The second-order valence-electron chi connectivity index (χ2n) is 9.38. The zero-order valence-corrected chi connectivity index (χ0v) is 21.2. The SMILES string of the molecule is CCC(C)(C)NC(=O)[C@@H](c1ccc(C)cc1)N(C[C@H]1CCCO1)C(=O)CNC(=O)c1cccs1. The number of amides is 3. The first-order valence-corrected chi connectivity index (χ1v) is 12.7. The lowest BCUT2D eigenvalue weighted by Crippen LogP contribution is -2.53. The number of thiophene rings is 1. The van der Waals surface area contributed by atoms with Crippen LogP contribution in [-0.4, -0.2) is 54.0 Å². The summed E-state index contributed by atoms with van der Waals surface area (Å²) in [7, 11) is 0. The van der Waals surface area contributed by atoms with Gasteiger partial charge in [-0.3, -0.25) is 14.4 Å². The fraction of sp³-hybridized carbons (Fsp3) is 0.500. The lowest BCUT2D eigenvalue weighted by molar-refractivity contribution is -0.142. The normalized spacial score (nSPS) is 16.6. The second-order valence-corrected chi connectivity index (χ2v) is 10.3. The minimum absolute atomic E-state index is 0.142. The molecule has 2 heterocycles. The topological polar surface area (TPSA) is 87.7 Å². The molecule has 2 atom stereocenters.